The first kappa shape index (κ1) is 24.7. The minimum absolute atomic E-state index is 0.173. The van der Waals surface area contributed by atoms with Crippen LogP contribution in [0, 0.1) is 5.92 Å². The van der Waals surface area contributed by atoms with E-state index < -0.39 is 24.1 Å². The van der Waals surface area contributed by atoms with Crippen LogP contribution in [0.25, 0.3) is 0 Å². The Morgan fingerprint density at radius 3 is 2.64 bits per heavy atom. The number of rotatable bonds is 14. The number of carboxylic acids is 1. The number of esters is 1. The molecule has 0 aromatic rings. The Hall–Kier alpha value is -1.31. The van der Waals surface area contributed by atoms with E-state index >= 15 is 0 Å². The average molecular weight is 415 g/mol. The van der Waals surface area contributed by atoms with Crippen molar-refractivity contribution in [1.29, 1.82) is 0 Å². The summed E-state index contributed by atoms with van der Waals surface area (Å²) in [6.45, 7) is 3.46. The van der Waals surface area contributed by atoms with Crippen LogP contribution in [0.3, 0.4) is 0 Å². The number of carbonyl (C=O) groups is 2. The number of carbonyl (C=O) groups excluding carboxylic acids is 1. The fraction of sp³-hybridized carbons (Fsp3) is 0.714. The van der Waals surface area contributed by atoms with Crippen molar-refractivity contribution in [2.24, 2.45) is 5.92 Å². The summed E-state index contributed by atoms with van der Waals surface area (Å²) >= 11 is 1.54. The summed E-state index contributed by atoms with van der Waals surface area (Å²) in [7, 11) is 0. The van der Waals surface area contributed by atoms with Crippen LogP contribution in [0.2, 0.25) is 0 Å². The first-order valence-corrected chi connectivity index (χ1v) is 11.1. The van der Waals surface area contributed by atoms with Crippen molar-refractivity contribution >= 4 is 23.7 Å². The Bertz CT molecular complexity index is 557. The molecular formula is C21H34O6S. The highest BCUT2D eigenvalue weighted by Gasteiger charge is 2.34. The van der Waals surface area contributed by atoms with Gasteiger partial charge in [0.1, 0.15) is 5.76 Å². The quantitative estimate of drug-likeness (QED) is 0.224. The molecule has 0 saturated carbocycles. The normalized spacial score (nSPS) is 20.7. The highest BCUT2D eigenvalue weighted by Crippen LogP contribution is 2.41. The molecule has 0 heterocycles. The lowest BCUT2D eigenvalue weighted by Crippen LogP contribution is -2.14. The smallest absolute Gasteiger partial charge is 0.307 e. The van der Waals surface area contributed by atoms with Crippen LogP contribution >= 0.6 is 11.8 Å². The van der Waals surface area contributed by atoms with Gasteiger partial charge in [-0.25, -0.2) is 0 Å². The molecule has 0 amide bonds. The van der Waals surface area contributed by atoms with Gasteiger partial charge in [-0.15, -0.1) is 11.8 Å². The van der Waals surface area contributed by atoms with E-state index in [-0.39, 0.29) is 18.8 Å². The van der Waals surface area contributed by atoms with Crippen LogP contribution in [0.4, 0.5) is 0 Å². The zero-order valence-electron chi connectivity index (χ0n) is 16.9. The van der Waals surface area contributed by atoms with Crippen molar-refractivity contribution in [2.45, 2.75) is 83.8 Å². The summed E-state index contributed by atoms with van der Waals surface area (Å²) in [6, 6.07) is 0. The van der Waals surface area contributed by atoms with Gasteiger partial charge in [0.15, 0.2) is 0 Å². The highest BCUT2D eigenvalue weighted by atomic mass is 32.2. The summed E-state index contributed by atoms with van der Waals surface area (Å²) < 4.78 is 5.31. The molecule has 0 aromatic carbocycles. The van der Waals surface area contributed by atoms with Crippen LogP contribution in [-0.4, -0.2) is 45.2 Å². The molecule has 0 aromatic heterocycles. The number of aliphatic carboxylic acids is 1. The standard InChI is InChI=1S/C21H34O6S/c1-3-4-6-9-16(23)11-12-17-18(24)14-19(27-15(2)22)21(17)28-13-8-5-7-10-20(25)26/h11-12,16-18,23-24H,3-10,13-14H2,1-2H3,(H,25,26)/b12-11+/t16-,17-,18+/m0/s1. The van der Waals surface area contributed by atoms with Gasteiger partial charge in [-0.1, -0.05) is 44.8 Å². The fourth-order valence-electron chi connectivity index (χ4n) is 3.12. The second kappa shape index (κ2) is 13.8. The van der Waals surface area contributed by atoms with Crippen molar-refractivity contribution in [3.63, 3.8) is 0 Å². The van der Waals surface area contributed by atoms with Crippen molar-refractivity contribution < 1.29 is 29.6 Å². The number of thioether (sulfide) groups is 1. The largest absolute Gasteiger partial charge is 0.481 e. The molecule has 28 heavy (non-hydrogen) atoms. The first-order valence-electron chi connectivity index (χ1n) is 10.2. The number of ether oxygens (including phenoxy) is 1. The zero-order valence-corrected chi connectivity index (χ0v) is 17.7. The van der Waals surface area contributed by atoms with Gasteiger partial charge < -0.3 is 20.1 Å². The van der Waals surface area contributed by atoms with E-state index in [1.807, 2.05) is 6.08 Å². The van der Waals surface area contributed by atoms with Crippen LogP contribution in [0.15, 0.2) is 22.8 Å². The highest BCUT2D eigenvalue weighted by molar-refractivity contribution is 8.03. The second-order valence-electron chi connectivity index (χ2n) is 7.18. The first-order chi connectivity index (χ1) is 13.3. The van der Waals surface area contributed by atoms with E-state index in [4.69, 9.17) is 9.84 Å². The number of carboxylic acid groups (broad SMARTS) is 1. The van der Waals surface area contributed by atoms with Gasteiger partial charge in [-0.3, -0.25) is 9.59 Å². The average Bonchev–Trinajstić information content (AvgIpc) is 2.90. The Balaban J connectivity index is 2.66. The molecule has 1 aliphatic rings. The maximum absolute atomic E-state index is 11.4. The molecule has 0 bridgehead atoms. The minimum atomic E-state index is -0.783. The number of hydrogen-bond donors (Lipinski definition) is 3. The minimum Gasteiger partial charge on any atom is -0.481 e. The Morgan fingerprint density at radius 1 is 1.25 bits per heavy atom. The van der Waals surface area contributed by atoms with Gasteiger partial charge in [0, 0.05) is 30.6 Å². The number of unbranched alkanes of at least 4 members (excludes halogenated alkanes) is 4. The van der Waals surface area contributed by atoms with E-state index in [9.17, 15) is 19.8 Å². The maximum Gasteiger partial charge on any atom is 0.307 e. The maximum atomic E-state index is 11.4. The molecule has 0 fully saturated rings. The molecule has 6 nitrogen and oxygen atoms in total. The van der Waals surface area contributed by atoms with E-state index in [0.717, 1.165) is 42.8 Å². The van der Waals surface area contributed by atoms with Gasteiger partial charge in [0.25, 0.3) is 0 Å². The zero-order chi connectivity index (χ0) is 20.9. The van der Waals surface area contributed by atoms with Gasteiger partial charge in [-0.05, 0) is 25.0 Å². The molecular weight excluding hydrogens is 380 g/mol. The van der Waals surface area contributed by atoms with Crippen molar-refractivity contribution in [2.75, 3.05) is 5.75 Å². The fourth-order valence-corrected chi connectivity index (χ4v) is 4.40. The molecule has 3 atom stereocenters. The SMILES string of the molecule is CCCCC[C@H](O)/C=C/[C@@H]1C(SCCCCCC(=O)O)=C(OC(C)=O)C[C@H]1O. The number of aliphatic hydroxyl groups excluding tert-OH is 2. The molecule has 0 saturated heterocycles. The lowest BCUT2D eigenvalue weighted by atomic mass is 10.0. The summed E-state index contributed by atoms with van der Waals surface area (Å²) in [6.07, 6.45) is 8.92. The summed E-state index contributed by atoms with van der Waals surface area (Å²) in [5.41, 5.74) is 0. The van der Waals surface area contributed by atoms with Crippen LogP contribution in [-0.2, 0) is 14.3 Å². The third-order valence-corrected chi connectivity index (χ3v) is 5.89. The van der Waals surface area contributed by atoms with E-state index in [2.05, 4.69) is 6.92 Å². The predicted molar refractivity (Wildman–Crippen MR) is 111 cm³/mol. The van der Waals surface area contributed by atoms with Crippen molar-refractivity contribution in [3.05, 3.63) is 22.8 Å². The Kier molecular flexibility index (Phi) is 12.2. The van der Waals surface area contributed by atoms with Crippen LogP contribution < -0.4 is 0 Å². The monoisotopic (exact) mass is 414 g/mol. The number of hydrogen-bond acceptors (Lipinski definition) is 6. The molecule has 7 heteroatoms. The van der Waals surface area contributed by atoms with Crippen LogP contribution in [0.1, 0.15) is 71.6 Å². The Labute approximate surface area is 172 Å². The summed E-state index contributed by atoms with van der Waals surface area (Å²) in [4.78, 5) is 22.8. The lowest BCUT2D eigenvalue weighted by molar-refractivity contribution is -0.138. The third kappa shape index (κ3) is 9.75. The summed E-state index contributed by atoms with van der Waals surface area (Å²) in [5.74, 6) is -0.222. The molecule has 0 unspecified atom stereocenters. The molecule has 0 radical (unpaired) electrons. The van der Waals surface area contributed by atoms with Crippen molar-refractivity contribution in [3.8, 4) is 0 Å². The van der Waals surface area contributed by atoms with Gasteiger partial charge in [-0.2, -0.15) is 0 Å². The van der Waals surface area contributed by atoms with E-state index in [1.54, 1.807) is 17.8 Å². The van der Waals surface area contributed by atoms with Gasteiger partial charge in [0.2, 0.25) is 0 Å². The van der Waals surface area contributed by atoms with Gasteiger partial charge in [0.05, 0.1) is 12.2 Å². The van der Waals surface area contributed by atoms with Gasteiger partial charge >= 0.3 is 11.9 Å². The molecule has 1 rings (SSSR count). The molecule has 160 valence electrons. The Morgan fingerprint density at radius 2 is 2.00 bits per heavy atom. The number of aliphatic hydroxyl groups is 2. The van der Waals surface area contributed by atoms with E-state index in [1.165, 1.54) is 6.92 Å². The summed E-state index contributed by atoms with van der Waals surface area (Å²) in [5, 5.41) is 29.2. The predicted octanol–water partition coefficient (Wildman–Crippen LogP) is 4.02. The van der Waals surface area contributed by atoms with Crippen molar-refractivity contribution in [1.82, 2.24) is 0 Å². The molecule has 3 N–H and O–H groups in total. The molecule has 0 spiro atoms. The van der Waals surface area contributed by atoms with E-state index in [0.29, 0.717) is 18.6 Å². The molecule has 0 aliphatic heterocycles. The molecule has 1 aliphatic carbocycles. The second-order valence-corrected chi connectivity index (χ2v) is 8.32. The lowest BCUT2D eigenvalue weighted by Gasteiger charge is -2.15. The van der Waals surface area contributed by atoms with Crippen LogP contribution in [0.5, 0.6) is 0 Å². The topological polar surface area (TPSA) is 104 Å². The third-order valence-electron chi connectivity index (χ3n) is 4.59.